The van der Waals surface area contributed by atoms with Gasteiger partial charge in [-0.2, -0.15) is 0 Å². The Kier molecular flexibility index (Phi) is 4.07. The Hall–Kier alpha value is -1.66. The van der Waals surface area contributed by atoms with Gasteiger partial charge < -0.3 is 10.1 Å². The predicted molar refractivity (Wildman–Crippen MR) is 83.7 cm³/mol. The molecule has 2 heterocycles. The number of nitrogens with one attached hydrogen (secondary N) is 1. The van der Waals surface area contributed by atoms with Gasteiger partial charge in [0, 0.05) is 16.6 Å². The highest BCUT2D eigenvalue weighted by atomic mass is 79.9. The van der Waals surface area contributed by atoms with Gasteiger partial charge >= 0.3 is 0 Å². The third-order valence-electron chi connectivity index (χ3n) is 3.66. The number of rotatable bonds is 3. The lowest BCUT2D eigenvalue weighted by Gasteiger charge is -2.17. The Morgan fingerprint density at radius 1 is 1.48 bits per heavy atom. The lowest BCUT2D eigenvalue weighted by atomic mass is 10.1. The maximum absolute atomic E-state index is 12.5. The van der Waals surface area contributed by atoms with E-state index in [1.165, 1.54) is 0 Å². The molecule has 0 fully saturated rings. The normalized spacial score (nSPS) is 13.8. The number of hydrogen-bond acceptors (Lipinski definition) is 4. The van der Waals surface area contributed by atoms with Crippen molar-refractivity contribution < 1.29 is 4.74 Å². The zero-order valence-corrected chi connectivity index (χ0v) is 13.3. The van der Waals surface area contributed by atoms with Crippen molar-refractivity contribution in [2.24, 2.45) is 0 Å². The van der Waals surface area contributed by atoms with E-state index in [4.69, 9.17) is 4.74 Å². The van der Waals surface area contributed by atoms with Crippen molar-refractivity contribution in [2.75, 3.05) is 13.7 Å². The minimum absolute atomic E-state index is 0.0521. The molecule has 21 heavy (non-hydrogen) atoms. The standard InChI is InChI=1S/C15H16BrN3O2/c1-21-11-2-3-13(16)10(6-11)8-19-9-18-14-7-17-5-4-12(14)15(19)20/h2-3,6,9,17H,4-5,7-8H2,1H3. The van der Waals surface area contributed by atoms with E-state index in [-0.39, 0.29) is 5.56 Å². The highest BCUT2D eigenvalue weighted by molar-refractivity contribution is 9.10. The Balaban J connectivity index is 1.97. The predicted octanol–water partition coefficient (Wildman–Crippen LogP) is 1.71. The quantitative estimate of drug-likeness (QED) is 0.916. The van der Waals surface area contributed by atoms with Gasteiger partial charge in [0.15, 0.2) is 0 Å². The summed E-state index contributed by atoms with van der Waals surface area (Å²) in [5.41, 5.74) is 2.74. The zero-order chi connectivity index (χ0) is 14.8. The number of halogens is 1. The molecule has 1 aliphatic rings. The molecule has 1 aliphatic heterocycles. The second kappa shape index (κ2) is 5.99. The Morgan fingerprint density at radius 2 is 2.33 bits per heavy atom. The van der Waals surface area contributed by atoms with Gasteiger partial charge in [-0.1, -0.05) is 15.9 Å². The number of nitrogens with zero attached hydrogens (tertiary/aromatic N) is 2. The second-order valence-corrected chi connectivity index (χ2v) is 5.84. The molecular weight excluding hydrogens is 334 g/mol. The van der Waals surface area contributed by atoms with Crippen molar-refractivity contribution in [3.05, 3.63) is 56.2 Å². The van der Waals surface area contributed by atoms with Crippen LogP contribution in [0, 0.1) is 0 Å². The van der Waals surface area contributed by atoms with Crippen molar-refractivity contribution in [1.82, 2.24) is 14.9 Å². The van der Waals surface area contributed by atoms with E-state index >= 15 is 0 Å². The van der Waals surface area contributed by atoms with Crippen LogP contribution in [0.25, 0.3) is 0 Å². The first-order valence-electron chi connectivity index (χ1n) is 6.79. The molecule has 3 rings (SSSR count). The number of hydrogen-bond donors (Lipinski definition) is 1. The first kappa shape index (κ1) is 14.3. The average molecular weight is 350 g/mol. The third kappa shape index (κ3) is 2.87. The van der Waals surface area contributed by atoms with Crippen LogP contribution in [0.15, 0.2) is 33.8 Å². The van der Waals surface area contributed by atoms with E-state index in [2.05, 4.69) is 26.2 Å². The Morgan fingerprint density at radius 3 is 3.14 bits per heavy atom. The van der Waals surface area contributed by atoms with Crippen molar-refractivity contribution in [3.63, 3.8) is 0 Å². The van der Waals surface area contributed by atoms with Crippen LogP contribution in [0.2, 0.25) is 0 Å². The van der Waals surface area contributed by atoms with Gasteiger partial charge in [0.25, 0.3) is 5.56 Å². The molecular formula is C15H16BrN3O2. The number of fused-ring (bicyclic) bond motifs is 1. The topological polar surface area (TPSA) is 56.2 Å². The van der Waals surface area contributed by atoms with Crippen molar-refractivity contribution in [3.8, 4) is 5.75 Å². The van der Waals surface area contributed by atoms with Crippen LogP contribution >= 0.6 is 15.9 Å². The van der Waals surface area contributed by atoms with Gasteiger partial charge in [-0.05, 0) is 36.7 Å². The number of ether oxygens (including phenoxy) is 1. The van der Waals surface area contributed by atoms with E-state index in [0.717, 1.165) is 40.0 Å². The van der Waals surface area contributed by atoms with Crippen molar-refractivity contribution in [1.29, 1.82) is 0 Å². The Labute approximate surface area is 131 Å². The average Bonchev–Trinajstić information content (AvgIpc) is 2.52. The molecule has 6 heteroatoms. The smallest absolute Gasteiger partial charge is 0.257 e. The first-order chi connectivity index (χ1) is 10.2. The summed E-state index contributed by atoms with van der Waals surface area (Å²) in [6.07, 6.45) is 2.36. The summed E-state index contributed by atoms with van der Waals surface area (Å²) < 4.78 is 7.85. The summed E-state index contributed by atoms with van der Waals surface area (Å²) >= 11 is 3.52. The fourth-order valence-electron chi connectivity index (χ4n) is 2.49. The molecule has 1 N–H and O–H groups in total. The van der Waals surface area contributed by atoms with Gasteiger partial charge in [-0.3, -0.25) is 9.36 Å². The molecule has 0 saturated heterocycles. The molecule has 110 valence electrons. The SMILES string of the molecule is COc1ccc(Br)c(Cn2cnc3c(c2=O)CCNC3)c1. The van der Waals surface area contributed by atoms with Gasteiger partial charge in [0.05, 0.1) is 25.7 Å². The maximum atomic E-state index is 12.5. The summed E-state index contributed by atoms with van der Waals surface area (Å²) in [4.78, 5) is 16.9. The molecule has 0 atom stereocenters. The van der Waals surface area contributed by atoms with Gasteiger partial charge in [0.1, 0.15) is 5.75 Å². The van der Waals surface area contributed by atoms with E-state index < -0.39 is 0 Å². The van der Waals surface area contributed by atoms with Crippen LogP contribution in [0.4, 0.5) is 0 Å². The lowest BCUT2D eigenvalue weighted by Crippen LogP contribution is -2.34. The summed E-state index contributed by atoms with van der Waals surface area (Å²) in [6, 6.07) is 5.74. The summed E-state index contributed by atoms with van der Waals surface area (Å²) in [5.74, 6) is 0.774. The minimum Gasteiger partial charge on any atom is -0.497 e. The van der Waals surface area contributed by atoms with E-state index in [9.17, 15) is 4.79 Å². The molecule has 0 amide bonds. The molecule has 1 aromatic carbocycles. The Bertz CT molecular complexity index is 727. The van der Waals surface area contributed by atoms with E-state index in [1.54, 1.807) is 18.0 Å². The molecule has 2 aromatic rings. The fourth-order valence-corrected chi connectivity index (χ4v) is 2.86. The number of benzene rings is 1. The highest BCUT2D eigenvalue weighted by Crippen LogP contribution is 2.23. The minimum atomic E-state index is 0.0521. The van der Waals surface area contributed by atoms with Crippen LogP contribution < -0.4 is 15.6 Å². The number of methoxy groups -OCH3 is 1. The van der Waals surface area contributed by atoms with Gasteiger partial charge in [-0.15, -0.1) is 0 Å². The molecule has 1 aromatic heterocycles. The monoisotopic (exact) mass is 349 g/mol. The molecule has 0 bridgehead atoms. The largest absolute Gasteiger partial charge is 0.497 e. The lowest BCUT2D eigenvalue weighted by molar-refractivity contribution is 0.414. The summed E-state index contributed by atoms with van der Waals surface area (Å²) in [7, 11) is 1.63. The van der Waals surface area contributed by atoms with Crippen LogP contribution in [0.5, 0.6) is 5.75 Å². The summed E-state index contributed by atoms with van der Waals surface area (Å²) in [6.45, 7) is 1.98. The van der Waals surface area contributed by atoms with Crippen molar-refractivity contribution >= 4 is 15.9 Å². The van der Waals surface area contributed by atoms with E-state index in [0.29, 0.717) is 13.1 Å². The summed E-state index contributed by atoms with van der Waals surface area (Å²) in [5, 5.41) is 3.23. The highest BCUT2D eigenvalue weighted by Gasteiger charge is 2.15. The van der Waals surface area contributed by atoms with Gasteiger partial charge in [0.2, 0.25) is 0 Å². The molecule has 0 unspecified atom stereocenters. The van der Waals surface area contributed by atoms with Crippen LogP contribution in [-0.2, 0) is 19.5 Å². The third-order valence-corrected chi connectivity index (χ3v) is 4.43. The zero-order valence-electron chi connectivity index (χ0n) is 11.7. The number of aromatic nitrogens is 2. The van der Waals surface area contributed by atoms with Gasteiger partial charge in [-0.25, -0.2) is 4.98 Å². The van der Waals surface area contributed by atoms with E-state index in [1.807, 2.05) is 18.2 Å². The second-order valence-electron chi connectivity index (χ2n) is 4.99. The van der Waals surface area contributed by atoms with Crippen LogP contribution in [0.3, 0.4) is 0 Å². The molecule has 0 spiro atoms. The maximum Gasteiger partial charge on any atom is 0.257 e. The van der Waals surface area contributed by atoms with Crippen LogP contribution in [-0.4, -0.2) is 23.2 Å². The van der Waals surface area contributed by atoms with Crippen LogP contribution in [0.1, 0.15) is 16.8 Å². The van der Waals surface area contributed by atoms with Crippen molar-refractivity contribution in [2.45, 2.75) is 19.5 Å². The first-order valence-corrected chi connectivity index (χ1v) is 7.58. The molecule has 5 nitrogen and oxygen atoms in total. The fraction of sp³-hybridized carbons (Fsp3) is 0.333. The molecule has 0 aliphatic carbocycles. The molecule has 0 radical (unpaired) electrons. The molecule has 0 saturated carbocycles.